The minimum absolute atomic E-state index is 0.0217. The Hall–Kier alpha value is -1.92. The minimum Gasteiger partial charge on any atom is -0.469 e. The first kappa shape index (κ1) is 12.5. The topological polar surface area (TPSA) is 104 Å². The minimum atomic E-state index is -0.600. The lowest BCUT2D eigenvalue weighted by Gasteiger charge is -2.26. The van der Waals surface area contributed by atoms with Crippen molar-refractivity contribution in [2.75, 3.05) is 5.73 Å². The Morgan fingerprint density at radius 3 is 2.94 bits per heavy atom. The molecule has 2 rings (SSSR count). The van der Waals surface area contributed by atoms with Gasteiger partial charge in [0.2, 0.25) is 5.82 Å². The Balaban J connectivity index is 2.18. The van der Waals surface area contributed by atoms with Gasteiger partial charge in [-0.2, -0.15) is 4.98 Å². The lowest BCUT2D eigenvalue weighted by atomic mass is 9.89. The van der Waals surface area contributed by atoms with Crippen molar-refractivity contribution >= 4 is 11.5 Å². The van der Waals surface area contributed by atoms with E-state index in [9.17, 15) is 10.1 Å². The van der Waals surface area contributed by atoms with Gasteiger partial charge in [0.1, 0.15) is 12.4 Å². The van der Waals surface area contributed by atoms with Crippen molar-refractivity contribution in [2.45, 2.75) is 38.7 Å². The van der Waals surface area contributed by atoms with Crippen molar-refractivity contribution in [1.82, 2.24) is 9.97 Å². The summed E-state index contributed by atoms with van der Waals surface area (Å²) in [5.74, 6) is 0.391. The molecule has 7 heteroatoms. The van der Waals surface area contributed by atoms with Crippen LogP contribution in [-0.4, -0.2) is 21.0 Å². The van der Waals surface area contributed by atoms with Crippen LogP contribution < -0.4 is 10.5 Å². The molecule has 0 aliphatic heterocycles. The second-order valence-corrected chi connectivity index (χ2v) is 4.68. The van der Waals surface area contributed by atoms with E-state index in [1.165, 1.54) is 12.7 Å². The number of nitrogen functional groups attached to an aromatic ring is 1. The number of hydrogen-bond acceptors (Lipinski definition) is 6. The molecule has 1 heterocycles. The smallest absolute Gasteiger partial charge is 0.372 e. The SMILES string of the molecule is CC1CCCC(Oc2ncnc(N)c2[N+](=O)[O-])C1. The van der Waals surface area contributed by atoms with E-state index in [-0.39, 0.29) is 23.5 Å². The number of hydrogen-bond donors (Lipinski definition) is 1. The fraction of sp³-hybridized carbons (Fsp3) is 0.636. The summed E-state index contributed by atoms with van der Waals surface area (Å²) in [4.78, 5) is 17.8. The number of anilines is 1. The lowest BCUT2D eigenvalue weighted by molar-refractivity contribution is -0.385. The van der Waals surface area contributed by atoms with Gasteiger partial charge in [0.05, 0.1) is 4.92 Å². The van der Waals surface area contributed by atoms with Crippen LogP contribution in [0.25, 0.3) is 0 Å². The van der Waals surface area contributed by atoms with Gasteiger partial charge in [-0.05, 0) is 25.2 Å². The summed E-state index contributed by atoms with van der Waals surface area (Å²) in [5.41, 5.74) is 5.14. The van der Waals surface area contributed by atoms with E-state index < -0.39 is 4.92 Å². The Kier molecular flexibility index (Phi) is 3.59. The lowest BCUT2D eigenvalue weighted by Crippen LogP contribution is -2.25. The molecule has 98 valence electrons. The molecule has 1 fully saturated rings. The fourth-order valence-corrected chi connectivity index (χ4v) is 2.28. The van der Waals surface area contributed by atoms with Gasteiger partial charge in [-0.3, -0.25) is 10.1 Å². The highest BCUT2D eigenvalue weighted by Crippen LogP contribution is 2.32. The molecular weight excluding hydrogens is 236 g/mol. The van der Waals surface area contributed by atoms with Gasteiger partial charge >= 0.3 is 5.69 Å². The molecule has 1 aliphatic carbocycles. The van der Waals surface area contributed by atoms with Crippen LogP contribution in [0.1, 0.15) is 32.6 Å². The number of nitrogens with zero attached hydrogens (tertiary/aromatic N) is 3. The van der Waals surface area contributed by atoms with Crippen molar-refractivity contribution in [2.24, 2.45) is 5.92 Å². The van der Waals surface area contributed by atoms with E-state index in [1.54, 1.807) is 0 Å². The first-order chi connectivity index (χ1) is 8.58. The molecule has 1 aliphatic rings. The van der Waals surface area contributed by atoms with Gasteiger partial charge < -0.3 is 10.5 Å². The third-order valence-electron chi connectivity index (χ3n) is 3.17. The van der Waals surface area contributed by atoms with Gasteiger partial charge in [0.15, 0.2) is 0 Å². The Bertz CT molecular complexity index is 452. The van der Waals surface area contributed by atoms with Crippen molar-refractivity contribution in [1.29, 1.82) is 0 Å². The average Bonchev–Trinajstić information content (AvgIpc) is 2.28. The zero-order valence-corrected chi connectivity index (χ0v) is 10.2. The van der Waals surface area contributed by atoms with Crippen LogP contribution in [-0.2, 0) is 0 Å². The van der Waals surface area contributed by atoms with E-state index in [0.29, 0.717) is 5.92 Å². The number of ether oxygens (including phenoxy) is 1. The molecule has 1 aromatic heterocycles. The highest BCUT2D eigenvalue weighted by molar-refractivity contribution is 5.57. The van der Waals surface area contributed by atoms with Crippen LogP contribution in [0.2, 0.25) is 0 Å². The van der Waals surface area contributed by atoms with Gasteiger partial charge in [0.25, 0.3) is 5.88 Å². The van der Waals surface area contributed by atoms with Crippen molar-refractivity contribution in [3.8, 4) is 5.88 Å². The molecule has 0 radical (unpaired) electrons. The number of aromatic nitrogens is 2. The number of nitrogens with two attached hydrogens (primary N) is 1. The Morgan fingerprint density at radius 2 is 2.28 bits per heavy atom. The predicted molar refractivity (Wildman–Crippen MR) is 65.1 cm³/mol. The van der Waals surface area contributed by atoms with Crippen molar-refractivity contribution in [3.63, 3.8) is 0 Å². The maximum atomic E-state index is 10.9. The fourth-order valence-electron chi connectivity index (χ4n) is 2.28. The molecule has 1 saturated carbocycles. The standard InChI is InChI=1S/C11H16N4O3/c1-7-3-2-4-8(5-7)18-11-9(15(16)17)10(12)13-6-14-11/h6-8H,2-5H2,1H3,(H2,12,13,14). The number of rotatable bonds is 3. The quantitative estimate of drug-likeness (QED) is 0.651. The first-order valence-electron chi connectivity index (χ1n) is 5.99. The normalized spacial score (nSPS) is 23.6. The van der Waals surface area contributed by atoms with Crippen LogP contribution in [0.5, 0.6) is 5.88 Å². The molecule has 0 spiro atoms. The average molecular weight is 252 g/mol. The zero-order chi connectivity index (χ0) is 13.1. The van der Waals surface area contributed by atoms with Crippen molar-refractivity contribution in [3.05, 3.63) is 16.4 Å². The molecule has 7 nitrogen and oxygen atoms in total. The van der Waals surface area contributed by atoms with E-state index in [0.717, 1.165) is 19.3 Å². The van der Waals surface area contributed by atoms with Crippen LogP contribution in [0.15, 0.2) is 6.33 Å². The largest absolute Gasteiger partial charge is 0.469 e. The molecule has 2 N–H and O–H groups in total. The maximum absolute atomic E-state index is 10.9. The van der Waals surface area contributed by atoms with Crippen LogP contribution >= 0.6 is 0 Å². The summed E-state index contributed by atoms with van der Waals surface area (Å²) >= 11 is 0. The second-order valence-electron chi connectivity index (χ2n) is 4.68. The second kappa shape index (κ2) is 5.16. The van der Waals surface area contributed by atoms with Crippen LogP contribution in [0, 0.1) is 16.0 Å². The zero-order valence-electron chi connectivity index (χ0n) is 10.2. The molecule has 2 atom stereocenters. The highest BCUT2D eigenvalue weighted by atomic mass is 16.6. The summed E-state index contributed by atoms with van der Waals surface area (Å²) in [5, 5.41) is 10.9. The molecule has 1 aromatic rings. The maximum Gasteiger partial charge on any atom is 0.372 e. The molecule has 0 saturated heterocycles. The van der Waals surface area contributed by atoms with E-state index in [2.05, 4.69) is 16.9 Å². The molecule has 18 heavy (non-hydrogen) atoms. The first-order valence-corrected chi connectivity index (χ1v) is 5.99. The van der Waals surface area contributed by atoms with Crippen LogP contribution in [0.4, 0.5) is 11.5 Å². The molecule has 0 aromatic carbocycles. The molecular formula is C11H16N4O3. The summed E-state index contributed by atoms with van der Waals surface area (Å²) in [6, 6.07) is 0. The third kappa shape index (κ3) is 2.66. The van der Waals surface area contributed by atoms with Crippen molar-refractivity contribution < 1.29 is 9.66 Å². The highest BCUT2D eigenvalue weighted by Gasteiger charge is 2.27. The van der Waals surface area contributed by atoms with Gasteiger partial charge in [-0.25, -0.2) is 4.98 Å². The van der Waals surface area contributed by atoms with E-state index >= 15 is 0 Å². The van der Waals surface area contributed by atoms with Crippen LogP contribution in [0.3, 0.4) is 0 Å². The molecule has 0 bridgehead atoms. The summed E-state index contributed by atoms with van der Waals surface area (Å²) < 4.78 is 5.63. The summed E-state index contributed by atoms with van der Waals surface area (Å²) in [7, 11) is 0. The van der Waals surface area contributed by atoms with E-state index in [1.807, 2.05) is 0 Å². The van der Waals surface area contributed by atoms with E-state index in [4.69, 9.17) is 10.5 Å². The summed E-state index contributed by atoms with van der Waals surface area (Å²) in [6.45, 7) is 2.15. The van der Waals surface area contributed by atoms with Gasteiger partial charge in [0, 0.05) is 0 Å². The Morgan fingerprint density at radius 1 is 1.50 bits per heavy atom. The molecule has 0 amide bonds. The third-order valence-corrected chi connectivity index (χ3v) is 3.17. The molecule has 2 unspecified atom stereocenters. The Labute approximate surface area is 105 Å². The number of nitro groups is 1. The van der Waals surface area contributed by atoms with Gasteiger partial charge in [-0.15, -0.1) is 0 Å². The predicted octanol–water partition coefficient (Wildman–Crippen LogP) is 1.92. The monoisotopic (exact) mass is 252 g/mol. The summed E-state index contributed by atoms with van der Waals surface area (Å²) in [6.07, 6.45) is 5.19. The van der Waals surface area contributed by atoms with Gasteiger partial charge in [-0.1, -0.05) is 13.3 Å².